The van der Waals surface area contributed by atoms with Crippen LogP contribution in [-0.4, -0.2) is 33.3 Å². The van der Waals surface area contributed by atoms with E-state index in [0.717, 1.165) is 32.4 Å². The number of ether oxygens (including phenoxy) is 2. The maximum atomic E-state index is 11.6. The van der Waals surface area contributed by atoms with Crippen molar-refractivity contribution in [3.63, 3.8) is 0 Å². The monoisotopic (exact) mass is 604 g/mol. The van der Waals surface area contributed by atoms with Crippen LogP contribution in [0.15, 0.2) is 94.6 Å². The fraction of sp³-hybridized carbons (Fsp3) is 0.172. The largest absolute Gasteiger partial charge is 0.497 e. The minimum atomic E-state index is -0.494. The summed E-state index contributed by atoms with van der Waals surface area (Å²) in [5, 5.41) is 22.6. The SMILES string of the molecule is COc1ccc(-n2c(C)nnc2S[C@@H](C[N+](=O)[O-])c2ccc(OCc3ccc4ccccc4c3)c(Br)c2)cc1. The van der Waals surface area contributed by atoms with E-state index in [2.05, 4.69) is 56.5 Å². The van der Waals surface area contributed by atoms with Crippen LogP contribution in [0.4, 0.5) is 0 Å². The van der Waals surface area contributed by atoms with E-state index < -0.39 is 5.25 Å². The van der Waals surface area contributed by atoms with Crippen LogP contribution < -0.4 is 9.47 Å². The van der Waals surface area contributed by atoms with Crippen LogP contribution in [-0.2, 0) is 6.61 Å². The highest BCUT2D eigenvalue weighted by atomic mass is 79.9. The third kappa shape index (κ3) is 6.23. The van der Waals surface area contributed by atoms with Gasteiger partial charge in [0.25, 0.3) is 0 Å². The molecule has 0 saturated heterocycles. The molecular weight excluding hydrogens is 580 g/mol. The molecular formula is C29H25BrN4O4S. The van der Waals surface area contributed by atoms with Crippen LogP contribution >= 0.6 is 27.7 Å². The van der Waals surface area contributed by atoms with Crippen molar-refractivity contribution in [3.05, 3.63) is 116 Å². The van der Waals surface area contributed by atoms with Gasteiger partial charge in [0.05, 0.1) is 11.6 Å². The predicted molar refractivity (Wildman–Crippen MR) is 156 cm³/mol. The lowest BCUT2D eigenvalue weighted by Gasteiger charge is -2.16. The Kier molecular flexibility index (Phi) is 8.13. The maximum absolute atomic E-state index is 11.6. The van der Waals surface area contributed by atoms with Crippen molar-refractivity contribution in [3.8, 4) is 17.2 Å². The molecule has 0 aliphatic heterocycles. The van der Waals surface area contributed by atoms with Gasteiger partial charge in [-0.25, -0.2) is 0 Å². The van der Waals surface area contributed by atoms with Crippen molar-refractivity contribution in [2.45, 2.75) is 23.9 Å². The van der Waals surface area contributed by atoms with Gasteiger partial charge in [0.2, 0.25) is 6.54 Å². The van der Waals surface area contributed by atoms with Gasteiger partial charge in [-0.3, -0.25) is 14.7 Å². The van der Waals surface area contributed by atoms with Gasteiger partial charge in [-0.1, -0.05) is 54.2 Å². The first kappa shape index (κ1) is 26.7. The molecule has 0 radical (unpaired) electrons. The Bertz CT molecular complexity index is 1620. The lowest BCUT2D eigenvalue weighted by atomic mass is 10.1. The summed E-state index contributed by atoms with van der Waals surface area (Å²) in [5.41, 5.74) is 2.68. The van der Waals surface area contributed by atoms with Crippen molar-refractivity contribution in [2.24, 2.45) is 0 Å². The van der Waals surface area contributed by atoms with Crippen molar-refractivity contribution in [1.29, 1.82) is 0 Å². The number of benzene rings is 4. The molecule has 198 valence electrons. The van der Waals surface area contributed by atoms with E-state index >= 15 is 0 Å². The van der Waals surface area contributed by atoms with Gasteiger partial charge in [-0.15, -0.1) is 10.2 Å². The van der Waals surface area contributed by atoms with E-state index in [1.165, 1.54) is 17.1 Å². The van der Waals surface area contributed by atoms with Crippen LogP contribution in [0.3, 0.4) is 0 Å². The number of nitro groups is 1. The van der Waals surface area contributed by atoms with Gasteiger partial charge in [-0.2, -0.15) is 0 Å². The maximum Gasteiger partial charge on any atom is 0.220 e. The summed E-state index contributed by atoms with van der Waals surface area (Å²) in [6.45, 7) is 1.98. The zero-order valence-electron chi connectivity index (χ0n) is 21.3. The first-order valence-electron chi connectivity index (χ1n) is 12.2. The number of aromatic nitrogens is 3. The zero-order chi connectivity index (χ0) is 27.4. The lowest BCUT2D eigenvalue weighted by molar-refractivity contribution is -0.479. The van der Waals surface area contributed by atoms with E-state index in [4.69, 9.17) is 9.47 Å². The molecule has 5 aromatic rings. The third-order valence-electron chi connectivity index (χ3n) is 6.22. The fourth-order valence-corrected chi connectivity index (χ4v) is 5.92. The molecule has 0 N–H and O–H groups in total. The number of rotatable bonds is 10. The second-order valence-electron chi connectivity index (χ2n) is 8.85. The van der Waals surface area contributed by atoms with E-state index in [1.807, 2.05) is 66.1 Å². The molecule has 0 bridgehead atoms. The van der Waals surface area contributed by atoms with Crippen molar-refractivity contribution < 1.29 is 14.4 Å². The highest BCUT2D eigenvalue weighted by Gasteiger charge is 2.24. The molecule has 39 heavy (non-hydrogen) atoms. The van der Waals surface area contributed by atoms with E-state index in [9.17, 15) is 10.1 Å². The summed E-state index contributed by atoms with van der Waals surface area (Å²) < 4.78 is 13.9. The quantitative estimate of drug-likeness (QED) is 0.0945. The molecule has 4 aromatic carbocycles. The molecule has 1 heterocycles. The predicted octanol–water partition coefficient (Wildman–Crippen LogP) is 7.19. The minimum absolute atomic E-state index is 0.275. The van der Waals surface area contributed by atoms with E-state index in [-0.39, 0.29) is 11.5 Å². The molecule has 8 nitrogen and oxygen atoms in total. The second-order valence-corrected chi connectivity index (χ2v) is 10.9. The first-order chi connectivity index (χ1) is 18.9. The smallest absolute Gasteiger partial charge is 0.220 e. The molecule has 1 aromatic heterocycles. The fourth-order valence-electron chi connectivity index (χ4n) is 4.25. The zero-order valence-corrected chi connectivity index (χ0v) is 23.7. The molecule has 0 aliphatic rings. The number of nitrogens with zero attached hydrogens (tertiary/aromatic N) is 4. The Hall–Kier alpha value is -3.89. The highest BCUT2D eigenvalue weighted by molar-refractivity contribution is 9.10. The number of thioether (sulfide) groups is 1. The van der Waals surface area contributed by atoms with Gasteiger partial charge in [0.15, 0.2) is 5.16 Å². The Morgan fingerprint density at radius 3 is 2.49 bits per heavy atom. The molecule has 0 fully saturated rings. The van der Waals surface area contributed by atoms with Crippen LogP contribution in [0.25, 0.3) is 16.5 Å². The lowest BCUT2D eigenvalue weighted by Crippen LogP contribution is -2.11. The average molecular weight is 606 g/mol. The molecule has 0 saturated carbocycles. The second kappa shape index (κ2) is 11.9. The molecule has 5 rings (SSSR count). The summed E-state index contributed by atoms with van der Waals surface area (Å²) >= 11 is 4.90. The van der Waals surface area contributed by atoms with Crippen molar-refractivity contribution in [2.75, 3.05) is 13.7 Å². The van der Waals surface area contributed by atoms with Crippen LogP contribution in [0.1, 0.15) is 22.2 Å². The number of methoxy groups -OCH3 is 1. The number of hydrogen-bond acceptors (Lipinski definition) is 7. The third-order valence-corrected chi connectivity index (χ3v) is 8.02. The van der Waals surface area contributed by atoms with Gasteiger partial charge in [0, 0.05) is 10.6 Å². The molecule has 0 unspecified atom stereocenters. The summed E-state index contributed by atoms with van der Waals surface area (Å²) in [7, 11) is 1.61. The Morgan fingerprint density at radius 2 is 1.77 bits per heavy atom. The van der Waals surface area contributed by atoms with Crippen LogP contribution in [0.2, 0.25) is 0 Å². The van der Waals surface area contributed by atoms with Crippen LogP contribution in [0.5, 0.6) is 11.5 Å². The van der Waals surface area contributed by atoms with Gasteiger partial charge in [-0.05, 0) is 87.2 Å². The molecule has 0 amide bonds. The Labute approximate surface area is 238 Å². The Morgan fingerprint density at radius 1 is 1.00 bits per heavy atom. The number of halogens is 1. The van der Waals surface area contributed by atoms with Crippen molar-refractivity contribution >= 4 is 38.5 Å². The summed E-state index contributed by atoms with van der Waals surface area (Å²) in [5.74, 6) is 2.08. The topological polar surface area (TPSA) is 92.3 Å². The highest BCUT2D eigenvalue weighted by Crippen LogP contribution is 2.39. The standard InChI is InChI=1S/C29H25BrN4O4S/c1-19-31-32-29(34(19)24-10-12-25(37-2)13-11-24)39-28(17-33(35)36)23-9-14-27(26(30)16-23)38-18-20-7-8-21-5-3-4-6-22(21)15-20/h3-16,28H,17-18H2,1-2H3/t28-/m0/s1. The van der Waals surface area contributed by atoms with Crippen molar-refractivity contribution in [1.82, 2.24) is 14.8 Å². The first-order valence-corrected chi connectivity index (χ1v) is 13.8. The molecule has 1 atom stereocenters. The molecule has 10 heteroatoms. The number of aryl methyl sites for hydroxylation is 1. The molecule has 0 spiro atoms. The van der Waals surface area contributed by atoms with E-state index in [1.54, 1.807) is 7.11 Å². The Balaban J connectivity index is 1.36. The summed E-state index contributed by atoms with van der Waals surface area (Å²) in [6.07, 6.45) is 0. The average Bonchev–Trinajstić information content (AvgIpc) is 3.31. The number of hydrogen-bond donors (Lipinski definition) is 0. The number of fused-ring (bicyclic) bond motifs is 1. The summed E-state index contributed by atoms with van der Waals surface area (Å²) in [6, 6.07) is 27.5. The normalized spacial score (nSPS) is 11.9. The minimum Gasteiger partial charge on any atom is -0.497 e. The summed E-state index contributed by atoms with van der Waals surface area (Å²) in [4.78, 5) is 11.3. The van der Waals surface area contributed by atoms with Gasteiger partial charge in [0.1, 0.15) is 29.2 Å². The van der Waals surface area contributed by atoms with E-state index in [0.29, 0.717) is 23.3 Å². The van der Waals surface area contributed by atoms with Crippen LogP contribution in [0, 0.1) is 17.0 Å². The van der Waals surface area contributed by atoms with Gasteiger partial charge >= 0.3 is 0 Å². The van der Waals surface area contributed by atoms with Gasteiger partial charge < -0.3 is 9.47 Å². The molecule has 0 aliphatic carbocycles.